The second-order valence-corrected chi connectivity index (χ2v) is 8.10. The van der Waals surface area contributed by atoms with Gasteiger partial charge < -0.3 is 14.8 Å². The lowest BCUT2D eigenvalue weighted by atomic mass is 9.97. The minimum Gasteiger partial charge on any atom is -0.492 e. The molecule has 0 unspecified atom stereocenters. The van der Waals surface area contributed by atoms with Crippen molar-refractivity contribution >= 4 is 11.6 Å². The van der Waals surface area contributed by atoms with Crippen LogP contribution < -0.4 is 10.1 Å². The highest BCUT2D eigenvalue weighted by molar-refractivity contribution is 5.97. The van der Waals surface area contributed by atoms with Crippen LogP contribution in [-0.2, 0) is 9.53 Å². The van der Waals surface area contributed by atoms with E-state index in [0.29, 0.717) is 12.6 Å². The quantitative estimate of drug-likeness (QED) is 0.548. The third-order valence-electron chi connectivity index (χ3n) is 5.89. The fourth-order valence-corrected chi connectivity index (χ4v) is 3.69. The van der Waals surface area contributed by atoms with E-state index in [4.69, 9.17) is 9.47 Å². The number of rotatable bonds is 11. The minimum atomic E-state index is -0.796. The first kappa shape index (κ1) is 22.7. The molecule has 2 rings (SSSR count). The number of hydrogen-bond acceptors (Lipinski definition) is 4. The van der Waals surface area contributed by atoms with Crippen LogP contribution in [0.5, 0.6) is 5.75 Å². The standard InChI is InChI=1S/C23H38N2O3/c1-5-6-8-15-23(3,27-4)22(26)24-20-11-13-21(14-12-20)28-18-17-25-16-9-7-10-19(25)2/h11-14,19H,5-10,15-18H2,1-4H3,(H,24,26)/t19-,23+/m1/s1. The van der Waals surface area contributed by atoms with Gasteiger partial charge in [0, 0.05) is 25.4 Å². The van der Waals surface area contributed by atoms with E-state index in [9.17, 15) is 4.79 Å². The highest BCUT2D eigenvalue weighted by atomic mass is 16.5. The van der Waals surface area contributed by atoms with Gasteiger partial charge in [0.05, 0.1) is 0 Å². The van der Waals surface area contributed by atoms with Crippen LogP contribution in [0.25, 0.3) is 0 Å². The predicted octanol–water partition coefficient (Wildman–Crippen LogP) is 4.86. The number of nitrogens with one attached hydrogen (secondary N) is 1. The van der Waals surface area contributed by atoms with Crippen molar-refractivity contribution < 1.29 is 14.3 Å². The average molecular weight is 391 g/mol. The highest BCUT2D eigenvalue weighted by Gasteiger charge is 2.32. The van der Waals surface area contributed by atoms with E-state index in [2.05, 4.69) is 24.1 Å². The van der Waals surface area contributed by atoms with Gasteiger partial charge in [-0.1, -0.05) is 32.6 Å². The van der Waals surface area contributed by atoms with Crippen molar-refractivity contribution in [1.82, 2.24) is 4.90 Å². The Bertz CT molecular complexity index is 590. The number of anilines is 1. The fraction of sp³-hybridized carbons (Fsp3) is 0.696. The number of ether oxygens (including phenoxy) is 2. The van der Waals surface area contributed by atoms with Crippen molar-refractivity contribution in [1.29, 1.82) is 0 Å². The molecule has 0 bridgehead atoms. The van der Waals surface area contributed by atoms with Gasteiger partial charge >= 0.3 is 0 Å². The molecule has 5 heteroatoms. The van der Waals surface area contributed by atoms with Gasteiger partial charge in [-0.05, 0) is 63.9 Å². The van der Waals surface area contributed by atoms with Crippen molar-refractivity contribution in [3.05, 3.63) is 24.3 Å². The molecule has 28 heavy (non-hydrogen) atoms. The summed E-state index contributed by atoms with van der Waals surface area (Å²) >= 11 is 0. The van der Waals surface area contributed by atoms with E-state index >= 15 is 0 Å². The molecule has 1 aromatic rings. The molecule has 5 nitrogen and oxygen atoms in total. The zero-order valence-corrected chi connectivity index (χ0v) is 18.1. The molecule has 0 saturated carbocycles. The van der Waals surface area contributed by atoms with Crippen molar-refractivity contribution in [3.63, 3.8) is 0 Å². The number of unbranched alkanes of at least 4 members (excludes halogenated alkanes) is 2. The normalized spacial score (nSPS) is 19.8. The third-order valence-corrected chi connectivity index (χ3v) is 5.89. The van der Waals surface area contributed by atoms with Gasteiger partial charge in [0.25, 0.3) is 5.91 Å². The van der Waals surface area contributed by atoms with E-state index < -0.39 is 5.60 Å². The molecule has 1 saturated heterocycles. The lowest BCUT2D eigenvalue weighted by Crippen LogP contribution is -2.41. The van der Waals surface area contributed by atoms with Crippen LogP contribution in [0.4, 0.5) is 5.69 Å². The van der Waals surface area contributed by atoms with Crippen LogP contribution in [0.15, 0.2) is 24.3 Å². The summed E-state index contributed by atoms with van der Waals surface area (Å²) in [5, 5.41) is 2.97. The second-order valence-electron chi connectivity index (χ2n) is 8.10. The Balaban J connectivity index is 1.80. The molecule has 1 amide bonds. The van der Waals surface area contributed by atoms with Crippen LogP contribution in [0.1, 0.15) is 65.7 Å². The molecular weight excluding hydrogens is 352 g/mol. The predicted molar refractivity (Wildman–Crippen MR) is 115 cm³/mol. The summed E-state index contributed by atoms with van der Waals surface area (Å²) in [6, 6.07) is 8.26. The first-order valence-corrected chi connectivity index (χ1v) is 10.8. The Morgan fingerprint density at radius 1 is 1.25 bits per heavy atom. The first-order valence-electron chi connectivity index (χ1n) is 10.8. The number of carbonyl (C=O) groups is 1. The van der Waals surface area contributed by atoms with E-state index in [1.165, 1.54) is 25.8 Å². The molecule has 0 spiro atoms. The summed E-state index contributed by atoms with van der Waals surface area (Å²) in [5.41, 5.74) is -0.0316. The third kappa shape index (κ3) is 6.78. The minimum absolute atomic E-state index is 0.0983. The largest absolute Gasteiger partial charge is 0.492 e. The van der Waals surface area contributed by atoms with Crippen molar-refractivity contribution in [3.8, 4) is 5.75 Å². The average Bonchev–Trinajstić information content (AvgIpc) is 2.70. The van der Waals surface area contributed by atoms with E-state index in [0.717, 1.165) is 43.7 Å². The molecule has 1 N–H and O–H groups in total. The zero-order chi connectivity index (χ0) is 20.4. The maximum absolute atomic E-state index is 12.6. The monoisotopic (exact) mass is 390 g/mol. The van der Waals surface area contributed by atoms with Crippen LogP contribution in [-0.4, -0.2) is 49.3 Å². The summed E-state index contributed by atoms with van der Waals surface area (Å²) < 4.78 is 11.4. The number of benzene rings is 1. The van der Waals surface area contributed by atoms with E-state index in [-0.39, 0.29) is 5.91 Å². The molecular formula is C23H38N2O3. The Hall–Kier alpha value is -1.59. The number of carbonyl (C=O) groups excluding carboxylic acids is 1. The zero-order valence-electron chi connectivity index (χ0n) is 18.1. The SMILES string of the molecule is CCCCC[C@](C)(OC)C(=O)Nc1ccc(OCCN2CCCC[C@H]2C)cc1. The molecule has 2 atom stereocenters. The highest BCUT2D eigenvalue weighted by Crippen LogP contribution is 2.23. The Labute approximate surface area is 170 Å². The maximum Gasteiger partial charge on any atom is 0.256 e. The van der Waals surface area contributed by atoms with E-state index in [1.54, 1.807) is 7.11 Å². The van der Waals surface area contributed by atoms with Crippen molar-refractivity contribution in [2.75, 3.05) is 32.1 Å². The van der Waals surface area contributed by atoms with Crippen LogP contribution in [0.3, 0.4) is 0 Å². The van der Waals surface area contributed by atoms with Crippen molar-refractivity contribution in [2.24, 2.45) is 0 Å². The Morgan fingerprint density at radius 2 is 2.00 bits per heavy atom. The first-order chi connectivity index (χ1) is 13.5. The molecule has 0 aliphatic carbocycles. The van der Waals surface area contributed by atoms with Gasteiger partial charge in [0.15, 0.2) is 0 Å². The van der Waals surface area contributed by atoms with Gasteiger partial charge in [-0.15, -0.1) is 0 Å². The van der Waals surface area contributed by atoms with Gasteiger partial charge in [-0.2, -0.15) is 0 Å². The number of methoxy groups -OCH3 is 1. The summed E-state index contributed by atoms with van der Waals surface area (Å²) in [4.78, 5) is 15.2. The lowest BCUT2D eigenvalue weighted by Gasteiger charge is -2.33. The van der Waals surface area contributed by atoms with Gasteiger partial charge in [-0.3, -0.25) is 9.69 Å². The molecule has 0 aromatic heterocycles. The van der Waals surface area contributed by atoms with Crippen LogP contribution >= 0.6 is 0 Å². The summed E-state index contributed by atoms with van der Waals surface area (Å²) in [6.07, 6.45) is 7.85. The molecule has 1 aliphatic heterocycles. The number of likely N-dealkylation sites (tertiary alicyclic amines) is 1. The molecule has 1 aliphatic rings. The number of nitrogens with zero attached hydrogens (tertiary/aromatic N) is 1. The smallest absolute Gasteiger partial charge is 0.256 e. The van der Waals surface area contributed by atoms with Crippen molar-refractivity contribution in [2.45, 2.75) is 77.4 Å². The second kappa shape index (κ2) is 11.4. The molecule has 1 heterocycles. The molecule has 1 aromatic carbocycles. The summed E-state index contributed by atoms with van der Waals surface area (Å²) in [7, 11) is 1.60. The topological polar surface area (TPSA) is 50.8 Å². The van der Waals surface area contributed by atoms with E-state index in [1.807, 2.05) is 31.2 Å². The number of amides is 1. The van der Waals surface area contributed by atoms with Crippen LogP contribution in [0.2, 0.25) is 0 Å². The Kier molecular flexibility index (Phi) is 9.26. The number of hydrogen-bond donors (Lipinski definition) is 1. The lowest BCUT2D eigenvalue weighted by molar-refractivity contribution is -0.136. The Morgan fingerprint density at radius 3 is 2.64 bits per heavy atom. The van der Waals surface area contributed by atoms with Gasteiger partial charge in [0.1, 0.15) is 18.0 Å². The van der Waals surface area contributed by atoms with Crippen LogP contribution in [0, 0.1) is 0 Å². The summed E-state index contributed by atoms with van der Waals surface area (Å²) in [6.45, 7) is 9.13. The van der Waals surface area contributed by atoms with Gasteiger partial charge in [0.2, 0.25) is 0 Å². The maximum atomic E-state index is 12.6. The van der Waals surface area contributed by atoms with Gasteiger partial charge in [-0.25, -0.2) is 0 Å². The summed E-state index contributed by atoms with van der Waals surface area (Å²) in [5.74, 6) is 0.735. The fourth-order valence-electron chi connectivity index (χ4n) is 3.69. The molecule has 1 fully saturated rings. The molecule has 158 valence electrons. The number of piperidine rings is 1. The molecule has 0 radical (unpaired) electrons.